The Morgan fingerprint density at radius 3 is 2.83 bits per heavy atom. The Kier molecular flexibility index (Phi) is 4.51. The predicted molar refractivity (Wildman–Crippen MR) is 89.8 cm³/mol. The minimum atomic E-state index is -0.516. The van der Waals surface area contributed by atoms with Crippen molar-refractivity contribution in [1.82, 2.24) is 15.3 Å². The molecule has 1 heterocycles. The Morgan fingerprint density at radius 1 is 1.21 bits per heavy atom. The van der Waals surface area contributed by atoms with Gasteiger partial charge in [0.2, 0.25) is 0 Å². The molecule has 7 heteroatoms. The number of para-hydroxylation sites is 2. The third kappa shape index (κ3) is 3.57. The fourth-order valence-electron chi connectivity index (χ4n) is 2.44. The lowest BCUT2D eigenvalue weighted by Gasteiger charge is -2.04. The molecule has 122 valence electrons. The van der Waals surface area contributed by atoms with E-state index >= 15 is 0 Å². The van der Waals surface area contributed by atoms with Gasteiger partial charge in [-0.2, -0.15) is 0 Å². The van der Waals surface area contributed by atoms with E-state index in [1.54, 1.807) is 6.07 Å². The van der Waals surface area contributed by atoms with Crippen molar-refractivity contribution < 1.29 is 9.72 Å². The number of aromatic nitrogens is 2. The molecule has 24 heavy (non-hydrogen) atoms. The van der Waals surface area contributed by atoms with Crippen molar-refractivity contribution in [3.63, 3.8) is 0 Å². The number of aryl methyl sites for hydroxylation is 1. The van der Waals surface area contributed by atoms with E-state index in [-0.39, 0.29) is 17.2 Å². The van der Waals surface area contributed by atoms with Gasteiger partial charge < -0.3 is 10.3 Å². The van der Waals surface area contributed by atoms with Crippen molar-refractivity contribution in [2.75, 3.05) is 6.54 Å². The number of aromatic amines is 1. The molecule has 0 fully saturated rings. The van der Waals surface area contributed by atoms with Gasteiger partial charge in [-0.05, 0) is 24.6 Å². The van der Waals surface area contributed by atoms with Crippen LogP contribution in [0.3, 0.4) is 0 Å². The number of benzene rings is 2. The second-order valence-corrected chi connectivity index (χ2v) is 5.37. The van der Waals surface area contributed by atoms with Crippen molar-refractivity contribution >= 4 is 22.6 Å². The highest BCUT2D eigenvalue weighted by molar-refractivity contribution is 5.94. The highest BCUT2D eigenvalue weighted by atomic mass is 16.6. The maximum Gasteiger partial charge on any atom is 0.270 e. The van der Waals surface area contributed by atoms with Gasteiger partial charge >= 0.3 is 0 Å². The summed E-state index contributed by atoms with van der Waals surface area (Å²) in [4.78, 5) is 29.9. The quantitative estimate of drug-likeness (QED) is 0.413. The first-order valence-electron chi connectivity index (χ1n) is 7.60. The molecule has 2 N–H and O–H groups in total. The summed E-state index contributed by atoms with van der Waals surface area (Å²) in [5.41, 5.74) is 2.11. The molecule has 3 rings (SSSR count). The Morgan fingerprint density at radius 2 is 2.04 bits per heavy atom. The molecule has 3 aromatic rings. The predicted octanol–water partition coefficient (Wildman–Crippen LogP) is 2.83. The molecule has 0 aliphatic rings. The largest absolute Gasteiger partial charge is 0.352 e. The molecule has 0 aliphatic heterocycles. The molecule has 2 aromatic carbocycles. The molecule has 0 bridgehead atoms. The van der Waals surface area contributed by atoms with E-state index in [1.165, 1.54) is 18.2 Å². The number of rotatable bonds is 6. The van der Waals surface area contributed by atoms with E-state index < -0.39 is 4.92 Å². The summed E-state index contributed by atoms with van der Waals surface area (Å²) >= 11 is 0. The monoisotopic (exact) mass is 324 g/mol. The Balaban J connectivity index is 1.51. The Hall–Kier alpha value is -3.22. The SMILES string of the molecule is O=C(NCCCc1nc2ccccc2[nH]1)c1cccc([N+](=O)[O-])c1. The summed E-state index contributed by atoms with van der Waals surface area (Å²) in [6.45, 7) is 0.471. The van der Waals surface area contributed by atoms with Crippen molar-refractivity contribution in [3.8, 4) is 0 Å². The molecule has 0 saturated heterocycles. The summed E-state index contributed by atoms with van der Waals surface area (Å²) < 4.78 is 0. The highest BCUT2D eigenvalue weighted by Gasteiger charge is 2.11. The zero-order valence-corrected chi connectivity index (χ0v) is 12.9. The van der Waals surface area contributed by atoms with Gasteiger partial charge in [0.05, 0.1) is 16.0 Å². The fourth-order valence-corrected chi connectivity index (χ4v) is 2.44. The number of hydrogen-bond acceptors (Lipinski definition) is 4. The molecular weight excluding hydrogens is 308 g/mol. The van der Waals surface area contributed by atoms with Gasteiger partial charge in [-0.25, -0.2) is 4.98 Å². The molecule has 0 spiro atoms. The second-order valence-electron chi connectivity index (χ2n) is 5.37. The number of carbonyl (C=O) groups excluding carboxylic acids is 1. The molecule has 0 unspecified atom stereocenters. The lowest BCUT2D eigenvalue weighted by atomic mass is 10.2. The summed E-state index contributed by atoms with van der Waals surface area (Å²) in [6.07, 6.45) is 1.43. The fraction of sp³-hybridized carbons (Fsp3) is 0.176. The van der Waals surface area contributed by atoms with Crippen LogP contribution in [-0.4, -0.2) is 27.3 Å². The van der Waals surface area contributed by atoms with Crippen LogP contribution >= 0.6 is 0 Å². The minimum absolute atomic E-state index is 0.0927. The zero-order chi connectivity index (χ0) is 16.9. The number of nitro groups is 1. The number of fused-ring (bicyclic) bond motifs is 1. The van der Waals surface area contributed by atoms with Gasteiger partial charge in [0.15, 0.2) is 0 Å². The number of nitro benzene ring substituents is 1. The van der Waals surface area contributed by atoms with Crippen molar-refractivity contribution in [2.24, 2.45) is 0 Å². The average Bonchev–Trinajstić information content (AvgIpc) is 3.01. The van der Waals surface area contributed by atoms with Gasteiger partial charge in [-0.1, -0.05) is 18.2 Å². The van der Waals surface area contributed by atoms with Crippen LogP contribution in [0.25, 0.3) is 11.0 Å². The number of amides is 1. The number of carbonyl (C=O) groups is 1. The third-order valence-corrected chi connectivity index (χ3v) is 3.63. The summed E-state index contributed by atoms with van der Waals surface area (Å²) in [7, 11) is 0. The first kappa shape index (κ1) is 15.7. The highest BCUT2D eigenvalue weighted by Crippen LogP contribution is 2.13. The molecule has 0 atom stereocenters. The molecular formula is C17H16N4O3. The number of H-pyrrole nitrogens is 1. The number of nitrogens with one attached hydrogen (secondary N) is 2. The number of non-ortho nitro benzene ring substituents is 1. The first-order valence-corrected chi connectivity index (χ1v) is 7.60. The molecule has 1 amide bonds. The summed E-state index contributed by atoms with van der Waals surface area (Å²) in [5, 5.41) is 13.5. The maximum atomic E-state index is 12.0. The minimum Gasteiger partial charge on any atom is -0.352 e. The van der Waals surface area contributed by atoms with Crippen LogP contribution in [0.4, 0.5) is 5.69 Å². The van der Waals surface area contributed by atoms with Crippen molar-refractivity contribution in [3.05, 3.63) is 70.0 Å². The molecule has 1 aromatic heterocycles. The first-order chi connectivity index (χ1) is 11.6. The van der Waals surface area contributed by atoms with Crippen LogP contribution in [0.1, 0.15) is 22.6 Å². The van der Waals surface area contributed by atoms with E-state index in [2.05, 4.69) is 15.3 Å². The van der Waals surface area contributed by atoms with Crippen LogP contribution in [0, 0.1) is 10.1 Å². The van der Waals surface area contributed by atoms with Gasteiger partial charge in [-0.15, -0.1) is 0 Å². The van der Waals surface area contributed by atoms with Gasteiger partial charge in [0.1, 0.15) is 5.82 Å². The Labute approximate surface area is 137 Å². The number of nitrogens with zero attached hydrogens (tertiary/aromatic N) is 2. The lowest BCUT2D eigenvalue weighted by Crippen LogP contribution is -2.24. The third-order valence-electron chi connectivity index (χ3n) is 3.63. The normalized spacial score (nSPS) is 10.7. The van der Waals surface area contributed by atoms with E-state index in [0.29, 0.717) is 13.0 Å². The van der Waals surface area contributed by atoms with Gasteiger partial charge in [0.25, 0.3) is 11.6 Å². The van der Waals surface area contributed by atoms with E-state index in [9.17, 15) is 14.9 Å². The van der Waals surface area contributed by atoms with Crippen molar-refractivity contribution in [2.45, 2.75) is 12.8 Å². The van der Waals surface area contributed by atoms with Gasteiger partial charge in [-0.3, -0.25) is 14.9 Å². The van der Waals surface area contributed by atoms with Gasteiger partial charge in [0, 0.05) is 30.7 Å². The van der Waals surface area contributed by atoms with E-state index in [1.807, 2.05) is 24.3 Å². The molecule has 7 nitrogen and oxygen atoms in total. The lowest BCUT2D eigenvalue weighted by molar-refractivity contribution is -0.384. The number of hydrogen-bond donors (Lipinski definition) is 2. The number of imidazole rings is 1. The average molecular weight is 324 g/mol. The van der Waals surface area contributed by atoms with E-state index in [0.717, 1.165) is 23.3 Å². The van der Waals surface area contributed by atoms with Crippen molar-refractivity contribution in [1.29, 1.82) is 0 Å². The van der Waals surface area contributed by atoms with Crippen LogP contribution in [-0.2, 0) is 6.42 Å². The van der Waals surface area contributed by atoms with Crippen LogP contribution < -0.4 is 5.32 Å². The second kappa shape index (κ2) is 6.91. The smallest absolute Gasteiger partial charge is 0.270 e. The van der Waals surface area contributed by atoms with Crippen LogP contribution in [0.2, 0.25) is 0 Å². The van der Waals surface area contributed by atoms with E-state index in [4.69, 9.17) is 0 Å². The summed E-state index contributed by atoms with van der Waals surface area (Å²) in [6, 6.07) is 13.5. The molecule has 0 radical (unpaired) electrons. The maximum absolute atomic E-state index is 12.0. The molecule has 0 saturated carbocycles. The topological polar surface area (TPSA) is 101 Å². The Bertz CT molecular complexity index is 855. The van der Waals surface area contributed by atoms with Crippen LogP contribution in [0.15, 0.2) is 48.5 Å². The molecule has 0 aliphatic carbocycles. The van der Waals surface area contributed by atoms with Crippen LogP contribution in [0.5, 0.6) is 0 Å². The summed E-state index contributed by atoms with van der Waals surface area (Å²) in [5.74, 6) is 0.559. The standard InChI is InChI=1S/C17H16N4O3/c22-17(12-5-3-6-13(11-12)21(23)24)18-10-4-9-16-19-14-7-1-2-8-15(14)20-16/h1-3,5-8,11H,4,9-10H2,(H,18,22)(H,19,20). The zero-order valence-electron chi connectivity index (χ0n) is 12.9.